The molecule has 0 N–H and O–H groups in total. The Morgan fingerprint density at radius 3 is 2.41 bits per heavy atom. The van der Waals surface area contributed by atoms with Gasteiger partial charge in [-0.1, -0.05) is 48.5 Å². The first kappa shape index (κ1) is 22.8. The Bertz CT molecular complexity index is 1050. The Morgan fingerprint density at radius 1 is 0.971 bits per heavy atom. The van der Waals surface area contributed by atoms with Crippen LogP contribution in [0.2, 0.25) is 0 Å². The number of nitrogens with zero attached hydrogens (tertiary/aromatic N) is 3. The predicted octanol–water partition coefficient (Wildman–Crippen LogP) is 3.70. The molecule has 2 aromatic carbocycles. The van der Waals surface area contributed by atoms with Crippen LogP contribution in [0, 0.1) is 11.2 Å². The molecular formula is C27H32FN3O3. The lowest BCUT2D eigenvalue weighted by atomic mass is 9.72. The predicted molar refractivity (Wildman–Crippen MR) is 127 cm³/mol. The molecule has 0 unspecified atom stereocenters. The summed E-state index contributed by atoms with van der Waals surface area (Å²) in [5.74, 6) is -0.189. The molecule has 3 aliphatic rings. The number of hydrogen-bond donors (Lipinski definition) is 0. The van der Waals surface area contributed by atoms with Crippen LogP contribution in [0.3, 0.4) is 0 Å². The van der Waals surface area contributed by atoms with Crippen molar-refractivity contribution in [3.8, 4) is 0 Å². The van der Waals surface area contributed by atoms with Crippen molar-refractivity contribution in [3.05, 3.63) is 71.5 Å². The minimum Gasteiger partial charge on any atom is -0.439 e. The molecule has 0 aromatic heterocycles. The van der Waals surface area contributed by atoms with Crippen molar-refractivity contribution in [1.29, 1.82) is 0 Å². The molecule has 5 rings (SSSR count). The van der Waals surface area contributed by atoms with Gasteiger partial charge >= 0.3 is 6.09 Å². The molecule has 1 spiro atoms. The number of rotatable bonds is 5. The highest BCUT2D eigenvalue weighted by molar-refractivity contribution is 5.84. The molecule has 0 saturated carbocycles. The van der Waals surface area contributed by atoms with E-state index in [0.29, 0.717) is 57.4 Å². The summed E-state index contributed by atoms with van der Waals surface area (Å²) in [5, 5.41) is 0. The average Bonchev–Trinajstić information content (AvgIpc) is 3.39. The molecule has 0 bridgehead atoms. The summed E-state index contributed by atoms with van der Waals surface area (Å²) in [6.07, 6.45) is 2.10. The highest BCUT2D eigenvalue weighted by Gasteiger charge is 2.53. The van der Waals surface area contributed by atoms with Crippen LogP contribution in [0.4, 0.5) is 9.18 Å². The Hall–Kier alpha value is -2.93. The van der Waals surface area contributed by atoms with Crippen molar-refractivity contribution in [3.63, 3.8) is 0 Å². The van der Waals surface area contributed by atoms with Gasteiger partial charge in [-0.05, 0) is 56.6 Å². The zero-order valence-electron chi connectivity index (χ0n) is 19.7. The first-order valence-corrected chi connectivity index (χ1v) is 12.1. The first-order valence-electron chi connectivity index (χ1n) is 12.1. The summed E-state index contributed by atoms with van der Waals surface area (Å²) in [5.41, 5.74) is 0.354. The van der Waals surface area contributed by atoms with Crippen molar-refractivity contribution in [2.24, 2.45) is 5.41 Å². The van der Waals surface area contributed by atoms with Gasteiger partial charge in [-0.3, -0.25) is 9.69 Å². The van der Waals surface area contributed by atoms with E-state index in [2.05, 4.69) is 11.9 Å². The largest absolute Gasteiger partial charge is 0.439 e. The molecule has 2 amide bonds. The third kappa shape index (κ3) is 4.41. The van der Waals surface area contributed by atoms with E-state index in [9.17, 15) is 14.0 Å². The van der Waals surface area contributed by atoms with E-state index in [1.165, 1.54) is 6.07 Å². The summed E-state index contributed by atoms with van der Waals surface area (Å²) in [7, 11) is 2.06. The second-order valence-corrected chi connectivity index (χ2v) is 10.2. The summed E-state index contributed by atoms with van der Waals surface area (Å²) in [6, 6.07) is 16.6. The standard InChI is InChI=1S/C27H32FN3O3/c1-29-14-11-26(12-15-29,17-22-9-5-6-10-23(22)28)24(32)30-16-13-27(19-30)20-31(25(33)34-27)18-21-7-3-2-4-8-21/h2-10H,11-20H2,1H3/t27-/m1/s1. The van der Waals surface area contributed by atoms with Crippen molar-refractivity contribution in [2.45, 2.75) is 37.8 Å². The van der Waals surface area contributed by atoms with Crippen molar-refractivity contribution < 1.29 is 18.7 Å². The monoisotopic (exact) mass is 465 g/mol. The van der Waals surface area contributed by atoms with Gasteiger partial charge in [-0.25, -0.2) is 9.18 Å². The molecule has 3 fully saturated rings. The van der Waals surface area contributed by atoms with Crippen molar-refractivity contribution >= 4 is 12.0 Å². The molecule has 2 aromatic rings. The Kier molecular flexibility index (Phi) is 6.06. The summed E-state index contributed by atoms with van der Waals surface area (Å²) in [6.45, 7) is 3.54. The lowest BCUT2D eigenvalue weighted by molar-refractivity contribution is -0.144. The van der Waals surface area contributed by atoms with E-state index in [1.54, 1.807) is 17.0 Å². The molecule has 6 nitrogen and oxygen atoms in total. The van der Waals surface area contributed by atoms with Gasteiger partial charge in [0.2, 0.25) is 5.91 Å². The molecule has 1 atom stereocenters. The fourth-order valence-corrected chi connectivity index (χ4v) is 5.70. The Morgan fingerprint density at radius 2 is 1.68 bits per heavy atom. The van der Waals surface area contributed by atoms with Crippen LogP contribution in [-0.4, -0.2) is 72.1 Å². The number of likely N-dealkylation sites (tertiary alicyclic amines) is 2. The fraction of sp³-hybridized carbons (Fsp3) is 0.481. The molecular weight excluding hydrogens is 433 g/mol. The normalized spacial score (nSPS) is 24.6. The number of piperidine rings is 1. The molecule has 180 valence electrons. The lowest BCUT2D eigenvalue weighted by Crippen LogP contribution is -2.51. The maximum atomic E-state index is 14.5. The van der Waals surface area contributed by atoms with E-state index in [-0.39, 0.29) is 17.8 Å². The summed E-state index contributed by atoms with van der Waals surface area (Å²) >= 11 is 0. The number of halogens is 1. The van der Waals surface area contributed by atoms with Gasteiger partial charge < -0.3 is 14.5 Å². The average molecular weight is 466 g/mol. The molecule has 34 heavy (non-hydrogen) atoms. The van der Waals surface area contributed by atoms with Gasteiger partial charge in [0.15, 0.2) is 5.60 Å². The van der Waals surface area contributed by atoms with Crippen LogP contribution >= 0.6 is 0 Å². The lowest BCUT2D eigenvalue weighted by Gasteiger charge is -2.42. The zero-order valence-corrected chi connectivity index (χ0v) is 19.7. The van der Waals surface area contributed by atoms with Gasteiger partial charge in [-0.15, -0.1) is 0 Å². The van der Waals surface area contributed by atoms with E-state index in [0.717, 1.165) is 18.7 Å². The Labute approximate surface area is 200 Å². The summed E-state index contributed by atoms with van der Waals surface area (Å²) in [4.78, 5) is 32.4. The molecule has 3 aliphatic heterocycles. The quantitative estimate of drug-likeness (QED) is 0.676. The molecule has 0 aliphatic carbocycles. The highest BCUT2D eigenvalue weighted by Crippen LogP contribution is 2.41. The van der Waals surface area contributed by atoms with Crippen LogP contribution in [-0.2, 0) is 22.5 Å². The zero-order chi connectivity index (χ0) is 23.8. The first-order chi connectivity index (χ1) is 16.4. The van der Waals surface area contributed by atoms with Gasteiger partial charge in [-0.2, -0.15) is 0 Å². The van der Waals surface area contributed by atoms with Gasteiger partial charge in [0.1, 0.15) is 5.82 Å². The summed E-state index contributed by atoms with van der Waals surface area (Å²) < 4.78 is 20.4. The number of carbonyl (C=O) groups excluding carboxylic acids is 2. The number of carbonyl (C=O) groups is 2. The third-order valence-corrected chi connectivity index (χ3v) is 7.75. The maximum Gasteiger partial charge on any atom is 0.410 e. The second kappa shape index (κ2) is 9.02. The van der Waals surface area contributed by atoms with Crippen molar-refractivity contribution in [2.75, 3.05) is 39.8 Å². The van der Waals surface area contributed by atoms with E-state index in [1.807, 2.05) is 41.3 Å². The number of ether oxygens (including phenoxy) is 1. The van der Waals surface area contributed by atoms with Crippen LogP contribution < -0.4 is 0 Å². The molecule has 3 saturated heterocycles. The maximum absolute atomic E-state index is 14.5. The topological polar surface area (TPSA) is 53.1 Å². The van der Waals surface area contributed by atoms with Crippen LogP contribution in [0.1, 0.15) is 30.4 Å². The molecule has 3 heterocycles. The van der Waals surface area contributed by atoms with Gasteiger partial charge in [0.25, 0.3) is 0 Å². The van der Waals surface area contributed by atoms with Crippen LogP contribution in [0.5, 0.6) is 0 Å². The minimum absolute atomic E-state index is 0.0679. The molecule has 0 radical (unpaired) electrons. The number of benzene rings is 2. The van der Waals surface area contributed by atoms with E-state index in [4.69, 9.17) is 4.74 Å². The number of amides is 2. The third-order valence-electron chi connectivity index (χ3n) is 7.75. The van der Waals surface area contributed by atoms with Crippen LogP contribution in [0.15, 0.2) is 54.6 Å². The van der Waals surface area contributed by atoms with E-state index < -0.39 is 11.0 Å². The Balaban J connectivity index is 1.31. The van der Waals surface area contributed by atoms with Gasteiger partial charge in [0, 0.05) is 19.5 Å². The van der Waals surface area contributed by atoms with Gasteiger partial charge in [0.05, 0.1) is 18.5 Å². The smallest absolute Gasteiger partial charge is 0.410 e. The van der Waals surface area contributed by atoms with E-state index >= 15 is 0 Å². The van der Waals surface area contributed by atoms with Crippen LogP contribution in [0.25, 0.3) is 0 Å². The fourth-order valence-electron chi connectivity index (χ4n) is 5.70. The second-order valence-electron chi connectivity index (χ2n) is 10.2. The highest BCUT2D eigenvalue weighted by atomic mass is 19.1. The SMILES string of the molecule is CN1CCC(Cc2ccccc2F)(C(=O)N2CC[C@]3(CN(Cc4ccccc4)C(=O)O3)C2)CC1. The van der Waals surface area contributed by atoms with Crippen molar-refractivity contribution in [1.82, 2.24) is 14.7 Å². The minimum atomic E-state index is -0.661. The molecule has 7 heteroatoms. The number of hydrogen-bond acceptors (Lipinski definition) is 4.